The summed E-state index contributed by atoms with van der Waals surface area (Å²) >= 11 is 0. The Morgan fingerprint density at radius 3 is 2.28 bits per heavy atom. The van der Waals surface area contributed by atoms with E-state index in [-0.39, 0.29) is 12.5 Å². The van der Waals surface area contributed by atoms with Crippen LogP contribution in [-0.2, 0) is 14.3 Å². The minimum atomic E-state index is -1.22. The number of nitrogens with two attached hydrogens (primary N) is 1. The predicted octanol–water partition coefficient (Wildman–Crippen LogP) is 1.75. The summed E-state index contributed by atoms with van der Waals surface area (Å²) in [6.45, 7) is 1.91. The molecule has 2 aromatic rings. The van der Waals surface area contributed by atoms with Gasteiger partial charge in [0.1, 0.15) is 18.7 Å². The number of amides is 3. The van der Waals surface area contributed by atoms with Crippen LogP contribution in [0.2, 0.25) is 0 Å². The third kappa shape index (κ3) is 4.05. The SMILES string of the molecule is C[C@@H](O)[C@H](NC(=O)[C@@H]1CCCN1C(=O)OCC1c2ccccc2-c2ccccc21)C(N)=O. The van der Waals surface area contributed by atoms with Gasteiger partial charge in [-0.25, -0.2) is 4.79 Å². The minimum absolute atomic E-state index is 0.0734. The first-order valence-electron chi connectivity index (χ1n) is 10.8. The first-order valence-corrected chi connectivity index (χ1v) is 10.8. The Morgan fingerprint density at radius 2 is 1.72 bits per heavy atom. The number of rotatable bonds is 6. The van der Waals surface area contributed by atoms with Crippen molar-refractivity contribution in [1.29, 1.82) is 0 Å². The van der Waals surface area contributed by atoms with Gasteiger partial charge in [-0.3, -0.25) is 14.5 Å². The van der Waals surface area contributed by atoms with Crippen molar-refractivity contribution in [3.05, 3.63) is 59.7 Å². The average molecular weight is 437 g/mol. The standard InChI is InChI=1S/C24H27N3O5/c1-14(28)21(22(25)29)26-23(30)20-11-6-12-27(20)24(31)32-13-19-17-9-4-2-7-15(17)16-8-3-5-10-18(16)19/h2-5,7-10,14,19-21,28H,6,11-13H2,1H3,(H2,25,29)(H,26,30)/t14-,20+,21+/m1/s1. The molecule has 8 heteroatoms. The molecule has 2 aliphatic rings. The second-order valence-corrected chi connectivity index (χ2v) is 8.28. The highest BCUT2D eigenvalue weighted by molar-refractivity contribution is 5.91. The van der Waals surface area contributed by atoms with E-state index < -0.39 is 36.1 Å². The van der Waals surface area contributed by atoms with E-state index in [1.807, 2.05) is 36.4 Å². The highest BCUT2D eigenvalue weighted by Crippen LogP contribution is 2.44. The smallest absolute Gasteiger partial charge is 0.410 e. The van der Waals surface area contributed by atoms with Crippen molar-refractivity contribution >= 4 is 17.9 Å². The average Bonchev–Trinajstić information content (AvgIpc) is 3.39. The number of nitrogens with zero attached hydrogens (tertiary/aromatic N) is 1. The van der Waals surface area contributed by atoms with Gasteiger partial charge < -0.3 is 20.9 Å². The molecule has 1 aliphatic heterocycles. The molecule has 4 rings (SSSR count). The maximum absolute atomic E-state index is 12.9. The summed E-state index contributed by atoms with van der Waals surface area (Å²) in [6, 6.07) is 14.1. The zero-order valence-electron chi connectivity index (χ0n) is 17.9. The molecular formula is C24H27N3O5. The number of benzene rings is 2. The largest absolute Gasteiger partial charge is 0.448 e. The quantitative estimate of drug-likeness (QED) is 0.636. The Morgan fingerprint density at radius 1 is 1.12 bits per heavy atom. The van der Waals surface area contributed by atoms with E-state index in [9.17, 15) is 19.5 Å². The van der Waals surface area contributed by atoms with Crippen LogP contribution >= 0.6 is 0 Å². The molecule has 0 bridgehead atoms. The van der Waals surface area contributed by atoms with Gasteiger partial charge in [-0.1, -0.05) is 48.5 Å². The van der Waals surface area contributed by atoms with Crippen LogP contribution in [0.1, 0.15) is 36.8 Å². The number of ether oxygens (including phenoxy) is 1. The number of carbonyl (C=O) groups excluding carboxylic acids is 3. The normalized spacial score (nSPS) is 19.1. The molecule has 0 radical (unpaired) electrons. The molecule has 2 aromatic carbocycles. The van der Waals surface area contributed by atoms with Crippen LogP contribution in [-0.4, -0.2) is 59.3 Å². The maximum atomic E-state index is 12.9. The van der Waals surface area contributed by atoms with Crippen molar-refractivity contribution in [3.8, 4) is 11.1 Å². The van der Waals surface area contributed by atoms with Crippen LogP contribution in [0.5, 0.6) is 0 Å². The van der Waals surface area contributed by atoms with E-state index in [1.54, 1.807) is 0 Å². The molecule has 0 unspecified atom stereocenters. The molecule has 4 N–H and O–H groups in total. The number of nitrogens with one attached hydrogen (secondary N) is 1. The van der Waals surface area contributed by atoms with E-state index in [0.29, 0.717) is 19.4 Å². The van der Waals surface area contributed by atoms with Crippen LogP contribution in [0.3, 0.4) is 0 Å². The fourth-order valence-electron chi connectivity index (χ4n) is 4.61. The van der Waals surface area contributed by atoms with Crippen LogP contribution in [0.4, 0.5) is 4.79 Å². The Labute approximate surface area is 186 Å². The number of aliphatic hydroxyl groups excluding tert-OH is 1. The highest BCUT2D eigenvalue weighted by Gasteiger charge is 2.38. The van der Waals surface area contributed by atoms with E-state index >= 15 is 0 Å². The lowest BCUT2D eigenvalue weighted by Gasteiger charge is -2.26. The Hall–Kier alpha value is -3.39. The molecule has 8 nitrogen and oxygen atoms in total. The molecule has 3 amide bonds. The van der Waals surface area contributed by atoms with Gasteiger partial charge in [-0.15, -0.1) is 0 Å². The van der Waals surface area contributed by atoms with E-state index in [2.05, 4.69) is 17.4 Å². The van der Waals surface area contributed by atoms with Gasteiger partial charge in [-0.05, 0) is 42.0 Å². The highest BCUT2D eigenvalue weighted by atomic mass is 16.6. The Kier molecular flexibility index (Phi) is 6.14. The summed E-state index contributed by atoms with van der Waals surface area (Å²) in [6.07, 6.45) is -0.627. The zero-order valence-corrected chi connectivity index (χ0v) is 17.9. The summed E-state index contributed by atoms with van der Waals surface area (Å²) < 4.78 is 5.67. The number of likely N-dealkylation sites (tertiary alicyclic amines) is 1. The molecule has 1 heterocycles. The summed E-state index contributed by atoms with van der Waals surface area (Å²) in [5.41, 5.74) is 9.75. The third-order valence-electron chi connectivity index (χ3n) is 6.21. The zero-order chi connectivity index (χ0) is 22.8. The van der Waals surface area contributed by atoms with Crippen molar-refractivity contribution in [2.45, 2.75) is 43.9 Å². The first kappa shape index (κ1) is 21.8. The maximum Gasteiger partial charge on any atom is 0.410 e. The van der Waals surface area contributed by atoms with Gasteiger partial charge in [-0.2, -0.15) is 0 Å². The van der Waals surface area contributed by atoms with Gasteiger partial charge in [0.05, 0.1) is 6.10 Å². The lowest BCUT2D eigenvalue weighted by Crippen LogP contribution is -2.55. The van der Waals surface area contributed by atoms with Crippen LogP contribution in [0.15, 0.2) is 48.5 Å². The fourth-order valence-corrected chi connectivity index (χ4v) is 4.61. The number of fused-ring (bicyclic) bond motifs is 3. The van der Waals surface area contributed by atoms with Crippen molar-refractivity contribution in [2.24, 2.45) is 5.73 Å². The predicted molar refractivity (Wildman–Crippen MR) is 118 cm³/mol. The molecule has 0 saturated carbocycles. The molecule has 3 atom stereocenters. The summed E-state index contributed by atoms with van der Waals surface area (Å²) in [7, 11) is 0. The fraction of sp³-hybridized carbons (Fsp3) is 0.375. The second-order valence-electron chi connectivity index (χ2n) is 8.28. The monoisotopic (exact) mass is 437 g/mol. The Bertz CT molecular complexity index is 992. The molecule has 168 valence electrons. The van der Waals surface area contributed by atoms with Crippen molar-refractivity contribution < 1.29 is 24.2 Å². The summed E-state index contributed by atoms with van der Waals surface area (Å²) in [5, 5.41) is 12.1. The molecule has 1 saturated heterocycles. The van der Waals surface area contributed by atoms with Gasteiger partial charge in [0, 0.05) is 12.5 Å². The van der Waals surface area contributed by atoms with E-state index in [0.717, 1.165) is 22.3 Å². The van der Waals surface area contributed by atoms with Gasteiger partial charge in [0.2, 0.25) is 11.8 Å². The number of hydrogen-bond acceptors (Lipinski definition) is 5. The summed E-state index contributed by atoms with van der Waals surface area (Å²) in [4.78, 5) is 38.4. The summed E-state index contributed by atoms with van der Waals surface area (Å²) in [5.74, 6) is -1.43. The number of aliphatic hydroxyl groups is 1. The van der Waals surface area contributed by atoms with Crippen LogP contribution < -0.4 is 11.1 Å². The third-order valence-corrected chi connectivity index (χ3v) is 6.21. The lowest BCUT2D eigenvalue weighted by molar-refractivity contribution is -0.132. The van der Waals surface area contributed by atoms with Crippen LogP contribution in [0, 0.1) is 0 Å². The number of primary amides is 1. The molecule has 32 heavy (non-hydrogen) atoms. The van der Waals surface area contributed by atoms with E-state index in [1.165, 1.54) is 11.8 Å². The number of carbonyl (C=O) groups is 3. The topological polar surface area (TPSA) is 122 Å². The van der Waals surface area contributed by atoms with Crippen molar-refractivity contribution in [3.63, 3.8) is 0 Å². The van der Waals surface area contributed by atoms with Crippen molar-refractivity contribution in [1.82, 2.24) is 10.2 Å². The second kappa shape index (κ2) is 9.00. The number of hydrogen-bond donors (Lipinski definition) is 3. The van der Waals surface area contributed by atoms with Crippen LogP contribution in [0.25, 0.3) is 11.1 Å². The van der Waals surface area contributed by atoms with E-state index in [4.69, 9.17) is 10.5 Å². The molecular weight excluding hydrogens is 410 g/mol. The first-order chi connectivity index (χ1) is 15.4. The van der Waals surface area contributed by atoms with Gasteiger partial charge >= 0.3 is 6.09 Å². The molecule has 1 fully saturated rings. The molecule has 0 aromatic heterocycles. The van der Waals surface area contributed by atoms with Crippen molar-refractivity contribution in [2.75, 3.05) is 13.2 Å². The molecule has 0 spiro atoms. The lowest BCUT2D eigenvalue weighted by atomic mass is 9.98. The van der Waals surface area contributed by atoms with Gasteiger partial charge in [0.25, 0.3) is 0 Å². The molecule has 1 aliphatic carbocycles. The minimum Gasteiger partial charge on any atom is -0.448 e. The van der Waals surface area contributed by atoms with Gasteiger partial charge in [0.15, 0.2) is 0 Å². The Balaban J connectivity index is 1.44.